The van der Waals surface area contributed by atoms with Crippen molar-refractivity contribution in [2.24, 2.45) is 11.8 Å². The van der Waals surface area contributed by atoms with Crippen LogP contribution in [0.1, 0.15) is 30.8 Å². The largest absolute Gasteiger partial charge is 0.378 e. The van der Waals surface area contributed by atoms with Crippen molar-refractivity contribution >= 4 is 34.3 Å². The highest BCUT2D eigenvalue weighted by Gasteiger charge is 2.28. The van der Waals surface area contributed by atoms with Gasteiger partial charge in [0.1, 0.15) is 5.69 Å². The van der Waals surface area contributed by atoms with E-state index in [4.69, 9.17) is 4.74 Å². The number of piperidine rings is 1. The molecule has 34 heavy (non-hydrogen) atoms. The smallest absolute Gasteiger partial charge is 0.336 e. The number of aromatic nitrogens is 1. The van der Waals surface area contributed by atoms with Crippen molar-refractivity contribution in [1.82, 2.24) is 30.5 Å². The van der Waals surface area contributed by atoms with Crippen LogP contribution >= 0.6 is 11.3 Å². The van der Waals surface area contributed by atoms with Crippen LogP contribution in [0.15, 0.2) is 5.38 Å². The summed E-state index contributed by atoms with van der Waals surface area (Å²) in [5.74, 6) is 0.805. The Labute approximate surface area is 204 Å². The van der Waals surface area contributed by atoms with Crippen LogP contribution in [0.2, 0.25) is 0 Å². The number of hydrogen-bond donors (Lipinski definition) is 2. The molecule has 3 saturated heterocycles. The van der Waals surface area contributed by atoms with Crippen molar-refractivity contribution in [2.45, 2.75) is 20.3 Å². The third-order valence-electron chi connectivity index (χ3n) is 6.53. The molecule has 1 aromatic heterocycles. The second kappa shape index (κ2) is 11.3. The van der Waals surface area contributed by atoms with E-state index in [2.05, 4.69) is 39.5 Å². The van der Waals surface area contributed by atoms with E-state index in [1.165, 1.54) is 17.8 Å². The Morgan fingerprint density at radius 1 is 1.00 bits per heavy atom. The quantitative estimate of drug-likeness (QED) is 0.586. The zero-order valence-electron chi connectivity index (χ0n) is 20.0. The highest BCUT2D eigenvalue weighted by molar-refractivity contribution is 7.13. The first kappa shape index (κ1) is 24.7. The molecule has 4 heterocycles. The summed E-state index contributed by atoms with van der Waals surface area (Å²) in [6.45, 7) is 11.5. The molecular formula is C22H35N7O4S. The highest BCUT2D eigenvalue weighted by Crippen LogP contribution is 2.22. The lowest BCUT2D eigenvalue weighted by Gasteiger charge is -2.38. The molecule has 0 unspecified atom stereocenters. The predicted molar refractivity (Wildman–Crippen MR) is 129 cm³/mol. The monoisotopic (exact) mass is 493 g/mol. The van der Waals surface area contributed by atoms with Gasteiger partial charge < -0.3 is 19.4 Å². The number of piperazine rings is 1. The van der Waals surface area contributed by atoms with Crippen molar-refractivity contribution in [2.75, 3.05) is 77.0 Å². The van der Waals surface area contributed by atoms with Gasteiger partial charge in [0.25, 0.3) is 5.91 Å². The zero-order chi connectivity index (χ0) is 24.1. The second-order valence-corrected chi connectivity index (χ2v) is 10.3. The van der Waals surface area contributed by atoms with E-state index in [-0.39, 0.29) is 17.6 Å². The van der Waals surface area contributed by atoms with E-state index in [9.17, 15) is 14.4 Å². The first-order chi connectivity index (χ1) is 16.4. The van der Waals surface area contributed by atoms with Gasteiger partial charge in [-0.05, 0) is 18.3 Å². The maximum atomic E-state index is 12.7. The molecule has 188 valence electrons. The number of amides is 4. The molecule has 3 aliphatic rings. The average Bonchev–Trinajstić information content (AvgIpc) is 3.33. The summed E-state index contributed by atoms with van der Waals surface area (Å²) in [5.41, 5.74) is 5.21. The van der Waals surface area contributed by atoms with Crippen molar-refractivity contribution in [1.29, 1.82) is 0 Å². The van der Waals surface area contributed by atoms with Crippen LogP contribution in [-0.4, -0.2) is 110 Å². The minimum Gasteiger partial charge on any atom is -0.378 e. The standard InChI is InChI=1S/C22H35N7O4S/c1-16-11-17(2)13-29(12-16)19(30)14-26-3-5-27(6-4-26)21(32)25-24-20(31)18-15-34-22(23-18)28-7-9-33-10-8-28/h15-17H,3-14H2,1-2H3,(H,24,31)(H,25,32)/t16-,17+. The number of morpholine rings is 1. The molecule has 11 nitrogen and oxygen atoms in total. The first-order valence-electron chi connectivity index (χ1n) is 12.0. The zero-order valence-corrected chi connectivity index (χ0v) is 20.8. The normalized spacial score (nSPS) is 24.1. The van der Waals surface area contributed by atoms with Gasteiger partial charge in [-0.1, -0.05) is 13.8 Å². The SMILES string of the molecule is C[C@@H]1C[C@H](C)CN(C(=O)CN2CCN(C(=O)NNC(=O)c3csc(N4CCOCC4)n3)CC2)C1. The number of nitrogens with zero attached hydrogens (tertiary/aromatic N) is 5. The van der Waals surface area contributed by atoms with E-state index in [0.29, 0.717) is 57.8 Å². The molecule has 0 radical (unpaired) electrons. The number of carbonyl (C=O) groups excluding carboxylic acids is 3. The minimum atomic E-state index is -0.446. The van der Waals surface area contributed by atoms with Gasteiger partial charge in [0, 0.05) is 57.7 Å². The molecule has 3 fully saturated rings. The molecule has 2 N–H and O–H groups in total. The van der Waals surface area contributed by atoms with Gasteiger partial charge >= 0.3 is 6.03 Å². The molecule has 4 rings (SSSR count). The fourth-order valence-electron chi connectivity index (χ4n) is 4.79. The van der Waals surface area contributed by atoms with E-state index in [1.54, 1.807) is 10.3 Å². The lowest BCUT2D eigenvalue weighted by molar-refractivity contribution is -0.135. The van der Waals surface area contributed by atoms with Crippen molar-refractivity contribution in [3.05, 3.63) is 11.1 Å². The van der Waals surface area contributed by atoms with E-state index >= 15 is 0 Å². The molecule has 2 atom stereocenters. The Hall–Kier alpha value is -2.44. The minimum absolute atomic E-state index is 0.170. The molecular weight excluding hydrogens is 458 g/mol. The lowest BCUT2D eigenvalue weighted by Crippen LogP contribution is -2.56. The fourth-order valence-corrected chi connectivity index (χ4v) is 5.65. The van der Waals surface area contributed by atoms with Gasteiger partial charge in [-0.2, -0.15) is 0 Å². The van der Waals surface area contributed by atoms with E-state index < -0.39 is 5.91 Å². The van der Waals surface area contributed by atoms with Gasteiger partial charge in [-0.15, -0.1) is 11.3 Å². The Kier molecular flexibility index (Phi) is 8.22. The van der Waals surface area contributed by atoms with Crippen LogP contribution in [0, 0.1) is 11.8 Å². The summed E-state index contributed by atoms with van der Waals surface area (Å²) in [7, 11) is 0. The number of hydrazine groups is 1. The van der Waals surface area contributed by atoms with Crippen LogP contribution in [0.4, 0.5) is 9.93 Å². The Morgan fingerprint density at radius 3 is 2.35 bits per heavy atom. The third kappa shape index (κ3) is 6.36. The molecule has 0 aromatic carbocycles. The van der Waals surface area contributed by atoms with Crippen molar-refractivity contribution in [3.8, 4) is 0 Å². The van der Waals surface area contributed by atoms with Crippen LogP contribution in [-0.2, 0) is 9.53 Å². The average molecular weight is 494 g/mol. The Bertz CT molecular complexity index is 857. The number of nitrogens with one attached hydrogen (secondary N) is 2. The number of ether oxygens (including phenoxy) is 1. The van der Waals surface area contributed by atoms with Gasteiger partial charge in [-0.3, -0.25) is 19.9 Å². The van der Waals surface area contributed by atoms with E-state index in [1.807, 2.05) is 4.90 Å². The summed E-state index contributed by atoms with van der Waals surface area (Å²) in [4.78, 5) is 49.8. The van der Waals surface area contributed by atoms with Crippen LogP contribution in [0.25, 0.3) is 0 Å². The first-order valence-corrected chi connectivity index (χ1v) is 12.9. The summed E-state index contributed by atoms with van der Waals surface area (Å²) in [6, 6.07) is -0.360. The van der Waals surface area contributed by atoms with Crippen molar-refractivity contribution < 1.29 is 19.1 Å². The number of rotatable bonds is 4. The Morgan fingerprint density at radius 2 is 1.68 bits per heavy atom. The second-order valence-electron chi connectivity index (χ2n) is 9.51. The number of hydrogen-bond acceptors (Lipinski definition) is 8. The van der Waals surface area contributed by atoms with Gasteiger partial charge in [0.15, 0.2) is 5.13 Å². The van der Waals surface area contributed by atoms with Crippen molar-refractivity contribution in [3.63, 3.8) is 0 Å². The van der Waals surface area contributed by atoms with Crippen LogP contribution in [0.5, 0.6) is 0 Å². The van der Waals surface area contributed by atoms with Crippen LogP contribution < -0.4 is 15.8 Å². The van der Waals surface area contributed by atoms with Crippen LogP contribution in [0.3, 0.4) is 0 Å². The number of urea groups is 1. The molecule has 4 amide bonds. The van der Waals surface area contributed by atoms with Gasteiger partial charge in [0.05, 0.1) is 19.8 Å². The van der Waals surface area contributed by atoms with E-state index in [0.717, 1.165) is 31.3 Å². The molecule has 0 aliphatic carbocycles. The van der Waals surface area contributed by atoms with Gasteiger partial charge in [0.2, 0.25) is 5.91 Å². The number of carbonyl (C=O) groups is 3. The Balaban J connectivity index is 1.17. The highest BCUT2D eigenvalue weighted by atomic mass is 32.1. The predicted octanol–water partition coefficient (Wildman–Crippen LogP) is 0.456. The molecule has 0 bridgehead atoms. The molecule has 0 spiro atoms. The fraction of sp³-hybridized carbons (Fsp3) is 0.727. The molecule has 1 aromatic rings. The summed E-state index contributed by atoms with van der Waals surface area (Å²) < 4.78 is 5.34. The maximum Gasteiger partial charge on any atom is 0.336 e. The topological polar surface area (TPSA) is 110 Å². The number of likely N-dealkylation sites (tertiary alicyclic amines) is 1. The number of anilines is 1. The summed E-state index contributed by atoms with van der Waals surface area (Å²) in [5, 5.41) is 2.46. The summed E-state index contributed by atoms with van der Waals surface area (Å²) in [6.07, 6.45) is 1.17. The third-order valence-corrected chi connectivity index (χ3v) is 7.43. The summed E-state index contributed by atoms with van der Waals surface area (Å²) >= 11 is 1.40. The number of thiazole rings is 1. The molecule has 0 saturated carbocycles. The van der Waals surface area contributed by atoms with Gasteiger partial charge in [-0.25, -0.2) is 15.2 Å². The maximum absolute atomic E-state index is 12.7. The lowest BCUT2D eigenvalue weighted by atomic mass is 9.92. The molecule has 3 aliphatic heterocycles. The molecule has 12 heteroatoms.